The number of carboxylic acids is 2. The average Bonchev–Trinajstić information content (AvgIpc) is 2.64. The summed E-state index contributed by atoms with van der Waals surface area (Å²) in [5, 5.41) is 16.3. The van der Waals surface area contributed by atoms with E-state index in [9.17, 15) is 14.4 Å². The van der Waals surface area contributed by atoms with Gasteiger partial charge in [0.05, 0.1) is 0 Å². The minimum atomic E-state index is -1.26. The monoisotopic (exact) mass is 410 g/mol. The predicted molar refractivity (Wildman–Crippen MR) is 109 cm³/mol. The lowest BCUT2D eigenvalue weighted by atomic mass is 9.93. The molecule has 0 aliphatic carbocycles. The normalized spacial score (nSPS) is 15.0. The Morgan fingerprint density at radius 3 is 2.04 bits per heavy atom. The Labute approximate surface area is 170 Å². The number of benzene rings is 1. The van der Waals surface area contributed by atoms with E-state index in [0.29, 0.717) is 36.1 Å². The quantitative estimate of drug-likeness (QED) is 0.699. The first-order chi connectivity index (χ1) is 13.2. The van der Waals surface area contributed by atoms with E-state index < -0.39 is 11.9 Å². The van der Waals surface area contributed by atoms with Crippen LogP contribution in [0.2, 0.25) is 5.02 Å². The van der Waals surface area contributed by atoms with Crippen molar-refractivity contribution in [3.8, 4) is 0 Å². The van der Waals surface area contributed by atoms with Crippen LogP contribution in [0, 0.1) is 5.92 Å². The first kappa shape index (κ1) is 23.7. The van der Waals surface area contributed by atoms with Crippen molar-refractivity contribution in [3.05, 3.63) is 41.4 Å². The van der Waals surface area contributed by atoms with Crippen molar-refractivity contribution in [3.63, 3.8) is 0 Å². The maximum absolute atomic E-state index is 12.5. The molecule has 1 saturated heterocycles. The Bertz CT molecular complexity index is 666. The second-order valence-corrected chi connectivity index (χ2v) is 7.01. The van der Waals surface area contributed by atoms with E-state index in [-0.39, 0.29) is 5.91 Å². The van der Waals surface area contributed by atoms with Gasteiger partial charge >= 0.3 is 11.9 Å². The second-order valence-electron chi connectivity index (χ2n) is 6.57. The fourth-order valence-electron chi connectivity index (χ4n) is 2.89. The third-order valence-electron chi connectivity index (χ3n) is 4.43. The number of hydrogen-bond acceptors (Lipinski definition) is 4. The van der Waals surface area contributed by atoms with Gasteiger partial charge in [-0.25, -0.2) is 9.59 Å². The number of anilines is 1. The summed E-state index contributed by atoms with van der Waals surface area (Å²) in [5.74, 6) is -1.76. The van der Waals surface area contributed by atoms with Crippen LogP contribution in [-0.2, 0) is 14.4 Å². The van der Waals surface area contributed by atoms with Crippen molar-refractivity contribution in [1.82, 2.24) is 4.90 Å². The lowest BCUT2D eigenvalue weighted by Gasteiger charge is -2.30. The Kier molecular flexibility index (Phi) is 10.3. The topological polar surface area (TPSA) is 98.2 Å². The summed E-state index contributed by atoms with van der Waals surface area (Å²) in [5.41, 5.74) is 0.940. The molecule has 2 N–H and O–H groups in total. The number of hydrogen-bond donors (Lipinski definition) is 2. The van der Waals surface area contributed by atoms with Crippen LogP contribution in [0.3, 0.4) is 0 Å². The number of likely N-dealkylation sites (tertiary alicyclic amines) is 1. The molecular formula is C20H27ClN2O5. The zero-order valence-electron chi connectivity index (χ0n) is 16.2. The summed E-state index contributed by atoms with van der Waals surface area (Å²) in [6.45, 7) is 4.92. The molecule has 2 rings (SSSR count). The number of rotatable bonds is 6. The summed E-state index contributed by atoms with van der Waals surface area (Å²) < 4.78 is 0. The minimum Gasteiger partial charge on any atom is -0.478 e. The Hall–Kier alpha value is -2.38. The highest BCUT2D eigenvalue weighted by atomic mass is 35.5. The summed E-state index contributed by atoms with van der Waals surface area (Å²) in [6, 6.07) is 7.50. The molecule has 0 aromatic heterocycles. The number of aliphatic carboxylic acids is 2. The van der Waals surface area contributed by atoms with Crippen LogP contribution in [0.4, 0.5) is 5.69 Å². The summed E-state index contributed by atoms with van der Waals surface area (Å²) >= 11 is 5.90. The van der Waals surface area contributed by atoms with Crippen molar-refractivity contribution in [1.29, 1.82) is 0 Å². The van der Waals surface area contributed by atoms with Gasteiger partial charge in [-0.3, -0.25) is 4.79 Å². The summed E-state index contributed by atoms with van der Waals surface area (Å²) in [7, 11) is 2.14. The minimum absolute atomic E-state index is 0.226. The molecule has 28 heavy (non-hydrogen) atoms. The maximum atomic E-state index is 12.5. The average molecular weight is 411 g/mol. The number of piperidine rings is 1. The van der Waals surface area contributed by atoms with Gasteiger partial charge in [-0.15, -0.1) is 0 Å². The van der Waals surface area contributed by atoms with Crippen LogP contribution in [0.15, 0.2) is 36.4 Å². The number of nitrogens with zero attached hydrogens (tertiary/aromatic N) is 2. The van der Waals surface area contributed by atoms with E-state index in [1.165, 1.54) is 0 Å². The van der Waals surface area contributed by atoms with Crippen LogP contribution in [-0.4, -0.2) is 59.6 Å². The third-order valence-corrected chi connectivity index (χ3v) is 4.68. The molecule has 0 saturated carbocycles. The highest BCUT2D eigenvalue weighted by molar-refractivity contribution is 6.30. The highest BCUT2D eigenvalue weighted by Gasteiger charge is 2.22. The van der Waals surface area contributed by atoms with Gasteiger partial charge in [0.2, 0.25) is 5.91 Å². The zero-order valence-corrected chi connectivity index (χ0v) is 16.9. The molecule has 0 bridgehead atoms. The van der Waals surface area contributed by atoms with E-state index in [0.717, 1.165) is 31.6 Å². The van der Waals surface area contributed by atoms with Gasteiger partial charge in [0.25, 0.3) is 0 Å². The third kappa shape index (κ3) is 9.01. The molecule has 1 aliphatic rings. The van der Waals surface area contributed by atoms with Gasteiger partial charge in [-0.05, 0) is 70.1 Å². The molecule has 1 amide bonds. The molecule has 1 heterocycles. The second kappa shape index (κ2) is 12.2. The molecule has 0 unspecified atom stereocenters. The van der Waals surface area contributed by atoms with Gasteiger partial charge in [0.1, 0.15) is 0 Å². The molecule has 0 radical (unpaired) electrons. The SMILES string of the molecule is CCN(C(=O)CC1CCN(C)CC1)c1ccc(Cl)cc1.O=C(O)/C=C/C(=O)O. The van der Waals surface area contributed by atoms with Crippen molar-refractivity contribution < 1.29 is 24.6 Å². The van der Waals surface area contributed by atoms with E-state index in [4.69, 9.17) is 21.8 Å². The number of amides is 1. The molecule has 1 aromatic carbocycles. The molecule has 1 fully saturated rings. The Morgan fingerprint density at radius 1 is 1.11 bits per heavy atom. The molecule has 8 heteroatoms. The Balaban J connectivity index is 0.000000416. The maximum Gasteiger partial charge on any atom is 0.328 e. The van der Waals surface area contributed by atoms with Crippen LogP contribution in [0.1, 0.15) is 26.2 Å². The van der Waals surface area contributed by atoms with E-state index >= 15 is 0 Å². The number of halogens is 1. The number of carbonyl (C=O) groups excluding carboxylic acids is 1. The molecule has 1 aromatic rings. The van der Waals surface area contributed by atoms with Gasteiger partial charge in [0.15, 0.2) is 0 Å². The van der Waals surface area contributed by atoms with Crippen LogP contribution in [0.5, 0.6) is 0 Å². The van der Waals surface area contributed by atoms with Crippen LogP contribution in [0.25, 0.3) is 0 Å². The van der Waals surface area contributed by atoms with Gasteiger partial charge in [-0.2, -0.15) is 0 Å². The molecule has 154 valence electrons. The summed E-state index contributed by atoms with van der Waals surface area (Å²) in [4.78, 5) is 35.8. The van der Waals surface area contributed by atoms with Crippen molar-refractivity contribution in [2.24, 2.45) is 5.92 Å². The number of carboxylic acid groups (broad SMARTS) is 2. The first-order valence-corrected chi connectivity index (χ1v) is 9.49. The fraction of sp³-hybridized carbons (Fsp3) is 0.450. The fourth-order valence-corrected chi connectivity index (χ4v) is 3.02. The summed E-state index contributed by atoms with van der Waals surface area (Å²) in [6.07, 6.45) is 4.02. The highest BCUT2D eigenvalue weighted by Crippen LogP contribution is 2.23. The number of carbonyl (C=O) groups is 3. The van der Waals surface area contributed by atoms with E-state index in [1.807, 2.05) is 36.1 Å². The lowest BCUT2D eigenvalue weighted by molar-refractivity contribution is -0.134. The van der Waals surface area contributed by atoms with Gasteiger partial charge in [-0.1, -0.05) is 11.6 Å². The van der Waals surface area contributed by atoms with Gasteiger partial charge in [0, 0.05) is 35.8 Å². The van der Waals surface area contributed by atoms with Crippen LogP contribution >= 0.6 is 11.6 Å². The molecule has 0 spiro atoms. The van der Waals surface area contributed by atoms with Gasteiger partial charge < -0.3 is 20.0 Å². The van der Waals surface area contributed by atoms with Crippen LogP contribution < -0.4 is 4.90 Å². The van der Waals surface area contributed by atoms with Crippen molar-refractivity contribution >= 4 is 35.1 Å². The van der Waals surface area contributed by atoms with E-state index in [1.54, 1.807) is 0 Å². The zero-order chi connectivity index (χ0) is 21.1. The smallest absolute Gasteiger partial charge is 0.328 e. The molecule has 7 nitrogen and oxygen atoms in total. The molecule has 0 atom stereocenters. The first-order valence-electron chi connectivity index (χ1n) is 9.11. The van der Waals surface area contributed by atoms with Crippen molar-refractivity contribution in [2.75, 3.05) is 31.6 Å². The largest absolute Gasteiger partial charge is 0.478 e. The van der Waals surface area contributed by atoms with E-state index in [2.05, 4.69) is 11.9 Å². The Morgan fingerprint density at radius 2 is 1.61 bits per heavy atom. The predicted octanol–water partition coefficient (Wildman–Crippen LogP) is 3.14. The molecule has 1 aliphatic heterocycles. The standard InChI is InChI=1S/C16H23ClN2O.C4H4O4/c1-3-19(15-6-4-14(17)5-7-15)16(20)12-13-8-10-18(2)11-9-13;5-3(6)1-2-4(7)8/h4-7,13H,3,8-12H2,1-2H3;1-2H,(H,5,6)(H,7,8)/b;2-1+. The lowest BCUT2D eigenvalue weighted by Crippen LogP contribution is -2.36. The van der Waals surface area contributed by atoms with Crippen molar-refractivity contribution in [2.45, 2.75) is 26.2 Å². The molecular weight excluding hydrogens is 384 g/mol.